The van der Waals surface area contributed by atoms with Crippen LogP contribution in [0.15, 0.2) is 72.8 Å². The number of fused-ring (bicyclic) bond motifs is 1. The Labute approximate surface area is 209 Å². The van der Waals surface area contributed by atoms with Gasteiger partial charge in [-0.2, -0.15) is 0 Å². The van der Waals surface area contributed by atoms with E-state index in [1.807, 2.05) is 60.7 Å². The highest BCUT2D eigenvalue weighted by molar-refractivity contribution is 6.07. The molecule has 1 fully saturated rings. The van der Waals surface area contributed by atoms with Crippen molar-refractivity contribution in [2.45, 2.75) is 6.42 Å². The highest BCUT2D eigenvalue weighted by Gasteiger charge is 2.23. The standard InChI is InChI=1S/C28H28FN5O2/c1-36-25-9-5-2-6-20(25)14-15-30-28(35)26-23-7-3-4-8-24(23)27(32-31-26)34-18-16-33(17-19-34)22-12-10-21(29)11-13-22/h2-13H,14-19H2,1H3,(H,30,35). The number of para-hydroxylation sites is 1. The zero-order chi connectivity index (χ0) is 24.9. The van der Waals surface area contributed by atoms with Gasteiger partial charge in [0, 0.05) is 49.2 Å². The van der Waals surface area contributed by atoms with Gasteiger partial charge >= 0.3 is 0 Å². The smallest absolute Gasteiger partial charge is 0.272 e. The van der Waals surface area contributed by atoms with Gasteiger partial charge in [0.25, 0.3) is 5.91 Å². The van der Waals surface area contributed by atoms with Crippen LogP contribution >= 0.6 is 0 Å². The Morgan fingerprint density at radius 2 is 1.56 bits per heavy atom. The van der Waals surface area contributed by atoms with E-state index in [9.17, 15) is 9.18 Å². The monoisotopic (exact) mass is 485 g/mol. The van der Waals surface area contributed by atoms with Crippen molar-refractivity contribution in [2.75, 3.05) is 49.6 Å². The van der Waals surface area contributed by atoms with Crippen molar-refractivity contribution in [3.63, 3.8) is 0 Å². The average molecular weight is 486 g/mol. The first-order valence-electron chi connectivity index (χ1n) is 12.0. The molecule has 1 amide bonds. The van der Waals surface area contributed by atoms with E-state index in [4.69, 9.17) is 4.74 Å². The average Bonchev–Trinajstić information content (AvgIpc) is 2.93. The van der Waals surface area contributed by atoms with Crippen LogP contribution in [0.2, 0.25) is 0 Å². The Balaban J connectivity index is 1.29. The summed E-state index contributed by atoms with van der Waals surface area (Å²) in [4.78, 5) is 17.4. The van der Waals surface area contributed by atoms with Crippen LogP contribution < -0.4 is 19.9 Å². The second-order valence-corrected chi connectivity index (χ2v) is 8.69. The molecule has 8 heteroatoms. The van der Waals surface area contributed by atoms with Gasteiger partial charge in [-0.3, -0.25) is 4.79 Å². The summed E-state index contributed by atoms with van der Waals surface area (Å²) in [6, 6.07) is 22.1. The molecule has 0 unspecified atom stereocenters. The van der Waals surface area contributed by atoms with Crippen LogP contribution in [-0.4, -0.2) is 55.9 Å². The van der Waals surface area contributed by atoms with Crippen LogP contribution in [0.1, 0.15) is 16.1 Å². The Bertz CT molecular complexity index is 1350. The number of aromatic nitrogens is 2. The van der Waals surface area contributed by atoms with Crippen LogP contribution in [0.5, 0.6) is 5.75 Å². The first-order valence-corrected chi connectivity index (χ1v) is 12.0. The number of carbonyl (C=O) groups is 1. The number of carbonyl (C=O) groups excluding carboxylic acids is 1. The molecule has 1 aliphatic rings. The Hall–Kier alpha value is -4.20. The number of nitrogens with one attached hydrogen (secondary N) is 1. The molecule has 2 heterocycles. The van der Waals surface area contributed by atoms with Gasteiger partial charge in [-0.25, -0.2) is 4.39 Å². The fraction of sp³-hybridized carbons (Fsp3) is 0.250. The molecular weight excluding hydrogens is 457 g/mol. The maximum Gasteiger partial charge on any atom is 0.272 e. The molecule has 0 atom stereocenters. The number of benzene rings is 3. The number of piperazine rings is 1. The number of hydrogen-bond acceptors (Lipinski definition) is 6. The zero-order valence-corrected chi connectivity index (χ0v) is 20.2. The Morgan fingerprint density at radius 3 is 2.31 bits per heavy atom. The van der Waals surface area contributed by atoms with Crippen LogP contribution in [0.25, 0.3) is 10.8 Å². The first-order chi connectivity index (χ1) is 17.6. The van der Waals surface area contributed by atoms with Gasteiger partial charge in [-0.05, 0) is 42.3 Å². The molecule has 0 radical (unpaired) electrons. The van der Waals surface area contributed by atoms with Crippen LogP contribution in [0.4, 0.5) is 15.9 Å². The molecule has 184 valence electrons. The highest BCUT2D eigenvalue weighted by atomic mass is 19.1. The summed E-state index contributed by atoms with van der Waals surface area (Å²) in [5.74, 6) is 1.10. The van der Waals surface area contributed by atoms with Gasteiger partial charge in [0.15, 0.2) is 11.5 Å². The lowest BCUT2D eigenvalue weighted by molar-refractivity contribution is 0.0950. The van der Waals surface area contributed by atoms with Crippen LogP contribution in [0, 0.1) is 5.82 Å². The largest absolute Gasteiger partial charge is 0.496 e. The Morgan fingerprint density at radius 1 is 0.889 bits per heavy atom. The minimum Gasteiger partial charge on any atom is -0.496 e. The number of hydrogen-bond donors (Lipinski definition) is 1. The quantitative estimate of drug-likeness (QED) is 0.426. The number of anilines is 2. The summed E-state index contributed by atoms with van der Waals surface area (Å²) in [5.41, 5.74) is 2.36. The molecule has 0 aliphatic carbocycles. The van der Waals surface area contributed by atoms with Gasteiger partial charge in [0.1, 0.15) is 11.6 Å². The predicted octanol–water partition coefficient (Wildman–Crippen LogP) is 4.08. The van der Waals surface area contributed by atoms with Crippen molar-refractivity contribution in [2.24, 2.45) is 0 Å². The summed E-state index contributed by atoms with van der Waals surface area (Å²) in [7, 11) is 1.64. The fourth-order valence-electron chi connectivity index (χ4n) is 4.62. The van der Waals surface area contributed by atoms with Crippen molar-refractivity contribution < 1.29 is 13.9 Å². The summed E-state index contributed by atoms with van der Waals surface area (Å²) >= 11 is 0. The summed E-state index contributed by atoms with van der Waals surface area (Å²) < 4.78 is 18.7. The zero-order valence-electron chi connectivity index (χ0n) is 20.2. The van der Waals surface area contributed by atoms with Crippen molar-refractivity contribution in [1.82, 2.24) is 15.5 Å². The second-order valence-electron chi connectivity index (χ2n) is 8.69. The number of ether oxygens (including phenoxy) is 1. The molecule has 0 spiro atoms. The number of halogens is 1. The minimum absolute atomic E-state index is 0.233. The van der Waals surface area contributed by atoms with E-state index in [1.54, 1.807) is 7.11 Å². The third-order valence-electron chi connectivity index (χ3n) is 6.53. The molecule has 0 saturated carbocycles. The highest BCUT2D eigenvalue weighted by Crippen LogP contribution is 2.28. The van der Waals surface area contributed by atoms with Crippen molar-refractivity contribution in [3.05, 3.63) is 89.9 Å². The van der Waals surface area contributed by atoms with E-state index in [0.29, 0.717) is 18.7 Å². The normalized spacial score (nSPS) is 13.6. The third-order valence-corrected chi connectivity index (χ3v) is 6.53. The number of amides is 1. The number of nitrogens with zero attached hydrogens (tertiary/aromatic N) is 4. The lowest BCUT2D eigenvalue weighted by Crippen LogP contribution is -2.47. The minimum atomic E-state index is -0.249. The first kappa shape index (κ1) is 23.5. The molecule has 3 aromatic carbocycles. The van der Waals surface area contributed by atoms with Crippen molar-refractivity contribution >= 4 is 28.2 Å². The van der Waals surface area contributed by atoms with E-state index in [1.165, 1.54) is 12.1 Å². The number of rotatable bonds is 7. The van der Waals surface area contributed by atoms with Gasteiger partial charge < -0.3 is 19.9 Å². The van der Waals surface area contributed by atoms with Gasteiger partial charge in [0.05, 0.1) is 7.11 Å². The summed E-state index contributed by atoms with van der Waals surface area (Å²) in [6.07, 6.45) is 0.650. The Kier molecular flexibility index (Phi) is 6.93. The fourth-order valence-corrected chi connectivity index (χ4v) is 4.62. The maximum absolute atomic E-state index is 13.3. The lowest BCUT2D eigenvalue weighted by atomic mass is 10.1. The van der Waals surface area contributed by atoms with Crippen LogP contribution in [-0.2, 0) is 6.42 Å². The molecule has 4 aromatic rings. The molecule has 7 nitrogen and oxygen atoms in total. The third kappa shape index (κ3) is 4.93. The predicted molar refractivity (Wildman–Crippen MR) is 139 cm³/mol. The van der Waals surface area contributed by atoms with Gasteiger partial charge in [0.2, 0.25) is 0 Å². The van der Waals surface area contributed by atoms with E-state index in [-0.39, 0.29) is 11.7 Å². The van der Waals surface area contributed by atoms with E-state index in [2.05, 4.69) is 25.3 Å². The van der Waals surface area contributed by atoms with Crippen molar-refractivity contribution in [3.8, 4) is 5.75 Å². The molecule has 5 rings (SSSR count). The summed E-state index contributed by atoms with van der Waals surface area (Å²) in [5, 5.41) is 13.5. The van der Waals surface area contributed by atoms with Crippen molar-refractivity contribution in [1.29, 1.82) is 0 Å². The molecule has 1 aliphatic heterocycles. The van der Waals surface area contributed by atoms with E-state index < -0.39 is 0 Å². The molecule has 0 bridgehead atoms. The molecule has 36 heavy (non-hydrogen) atoms. The van der Waals surface area contributed by atoms with E-state index >= 15 is 0 Å². The van der Waals surface area contributed by atoms with Gasteiger partial charge in [-0.1, -0.05) is 42.5 Å². The molecule has 1 saturated heterocycles. The lowest BCUT2D eigenvalue weighted by Gasteiger charge is -2.37. The topological polar surface area (TPSA) is 70.6 Å². The van der Waals surface area contributed by atoms with Gasteiger partial charge in [-0.15, -0.1) is 10.2 Å². The molecular formula is C28H28FN5O2. The molecule has 1 N–H and O–H groups in total. The van der Waals surface area contributed by atoms with E-state index in [0.717, 1.165) is 59.8 Å². The summed E-state index contributed by atoms with van der Waals surface area (Å²) in [6.45, 7) is 3.53. The van der Waals surface area contributed by atoms with Crippen LogP contribution in [0.3, 0.4) is 0 Å². The maximum atomic E-state index is 13.3. The molecule has 1 aromatic heterocycles. The second kappa shape index (κ2) is 10.6. The SMILES string of the molecule is COc1ccccc1CCNC(=O)c1nnc(N2CCN(c3ccc(F)cc3)CC2)c2ccccc12. The number of methoxy groups -OCH3 is 1.